The minimum Gasteiger partial charge on any atom is -0.255 e. The molecule has 0 saturated carbocycles. The van der Waals surface area contributed by atoms with Gasteiger partial charge in [0.2, 0.25) is 0 Å². The number of nitrogens with zero attached hydrogens (tertiary/aromatic N) is 2. The highest BCUT2D eigenvalue weighted by atomic mass is 14.8. The summed E-state index contributed by atoms with van der Waals surface area (Å²) in [5.41, 5.74) is 8.12. The molecule has 2 aromatic heterocycles. The third-order valence-corrected chi connectivity index (χ3v) is 4.93. The number of hydrogen-bond donors (Lipinski definition) is 0. The second-order valence-corrected chi connectivity index (χ2v) is 9.39. The van der Waals surface area contributed by atoms with E-state index in [1.807, 2.05) is 13.1 Å². The lowest BCUT2D eigenvalue weighted by Crippen LogP contribution is -2.11. The number of aromatic nitrogens is 2. The summed E-state index contributed by atoms with van der Waals surface area (Å²) in [5.74, 6) is 0. The molecule has 3 aromatic rings. The maximum Gasteiger partial charge on any atom is 0.0895 e. The van der Waals surface area contributed by atoms with Gasteiger partial charge >= 0.3 is 0 Å². The van der Waals surface area contributed by atoms with Crippen molar-refractivity contribution in [2.24, 2.45) is 0 Å². The van der Waals surface area contributed by atoms with Gasteiger partial charge in [-0.1, -0.05) is 65.8 Å². The minimum atomic E-state index is 0.0904. The van der Waals surface area contributed by atoms with Gasteiger partial charge < -0.3 is 0 Å². The molecule has 2 nitrogen and oxygen atoms in total. The molecule has 0 bridgehead atoms. The largest absolute Gasteiger partial charge is 0.255 e. The molecule has 3 rings (SSSR count). The van der Waals surface area contributed by atoms with Crippen molar-refractivity contribution in [1.29, 1.82) is 0 Å². The van der Waals surface area contributed by atoms with Crippen LogP contribution in [0, 0.1) is 6.92 Å². The Kier molecular flexibility index (Phi) is 4.94. The average Bonchev–Trinajstić information content (AvgIpc) is 2.60. The normalized spacial score (nSPS) is 12.3. The quantitative estimate of drug-likeness (QED) is 0.508. The molecule has 0 spiro atoms. The van der Waals surface area contributed by atoms with Crippen molar-refractivity contribution in [1.82, 2.24) is 9.97 Å². The van der Waals surface area contributed by atoms with E-state index in [4.69, 9.17) is 4.98 Å². The Morgan fingerprint density at radius 1 is 0.630 bits per heavy atom. The number of pyridine rings is 2. The second kappa shape index (κ2) is 6.92. The van der Waals surface area contributed by atoms with Gasteiger partial charge in [-0.3, -0.25) is 9.97 Å². The van der Waals surface area contributed by atoms with Crippen LogP contribution in [0.3, 0.4) is 0 Å². The Balaban J connectivity index is 2.03. The molecule has 2 heteroatoms. The zero-order valence-electron chi connectivity index (χ0n) is 17.6. The Hall–Kier alpha value is -2.48. The van der Waals surface area contributed by atoms with Gasteiger partial charge in [-0.15, -0.1) is 0 Å². The minimum absolute atomic E-state index is 0.0904. The third kappa shape index (κ3) is 4.44. The molecular formula is C25H30N2. The van der Waals surface area contributed by atoms with Crippen LogP contribution in [0.4, 0.5) is 0 Å². The molecule has 0 aliphatic carbocycles. The Bertz CT molecular complexity index is 939. The molecule has 0 fully saturated rings. The summed E-state index contributed by atoms with van der Waals surface area (Å²) in [4.78, 5) is 9.33. The molecule has 0 amide bonds. The lowest BCUT2D eigenvalue weighted by atomic mass is 9.86. The van der Waals surface area contributed by atoms with Crippen LogP contribution in [0.25, 0.3) is 22.5 Å². The number of rotatable bonds is 2. The smallest absolute Gasteiger partial charge is 0.0895 e. The van der Waals surface area contributed by atoms with Crippen LogP contribution in [0.5, 0.6) is 0 Å². The van der Waals surface area contributed by atoms with E-state index in [9.17, 15) is 0 Å². The lowest BCUT2D eigenvalue weighted by molar-refractivity contribution is 0.589. The van der Waals surface area contributed by atoms with Crippen molar-refractivity contribution in [3.05, 3.63) is 71.5 Å². The Morgan fingerprint density at radius 2 is 1.26 bits per heavy atom. The van der Waals surface area contributed by atoms with E-state index in [0.717, 1.165) is 17.1 Å². The van der Waals surface area contributed by atoms with Crippen molar-refractivity contribution in [3.8, 4) is 22.5 Å². The molecular weight excluding hydrogens is 328 g/mol. The molecule has 2 heterocycles. The van der Waals surface area contributed by atoms with Gasteiger partial charge in [0.15, 0.2) is 0 Å². The molecule has 0 saturated heterocycles. The van der Waals surface area contributed by atoms with Crippen LogP contribution in [0.1, 0.15) is 58.4 Å². The fraction of sp³-hybridized carbons (Fsp3) is 0.360. The van der Waals surface area contributed by atoms with Crippen LogP contribution in [-0.4, -0.2) is 9.97 Å². The molecule has 0 radical (unpaired) electrons. The first-order chi connectivity index (χ1) is 12.5. The molecule has 140 valence electrons. The van der Waals surface area contributed by atoms with Gasteiger partial charge in [-0.25, -0.2) is 0 Å². The van der Waals surface area contributed by atoms with Crippen molar-refractivity contribution in [3.63, 3.8) is 0 Å². The molecule has 0 unspecified atom stereocenters. The first-order valence-corrected chi connectivity index (χ1v) is 9.60. The molecule has 27 heavy (non-hydrogen) atoms. The van der Waals surface area contributed by atoms with Gasteiger partial charge in [-0.05, 0) is 64.3 Å². The summed E-state index contributed by atoms with van der Waals surface area (Å²) in [6.07, 6.45) is 1.89. The maximum absolute atomic E-state index is 4.75. The summed E-state index contributed by atoms with van der Waals surface area (Å²) >= 11 is 0. The van der Waals surface area contributed by atoms with Gasteiger partial charge in [0.05, 0.1) is 11.4 Å². The first kappa shape index (κ1) is 19.3. The summed E-state index contributed by atoms with van der Waals surface area (Å²) in [6.45, 7) is 15.4. The van der Waals surface area contributed by atoms with Crippen molar-refractivity contribution < 1.29 is 0 Å². The molecule has 0 aliphatic rings. The van der Waals surface area contributed by atoms with E-state index < -0.39 is 0 Å². The van der Waals surface area contributed by atoms with Gasteiger partial charge in [0.1, 0.15) is 0 Å². The highest BCUT2D eigenvalue weighted by molar-refractivity contribution is 5.70. The van der Waals surface area contributed by atoms with Crippen LogP contribution in [-0.2, 0) is 10.8 Å². The van der Waals surface area contributed by atoms with E-state index in [-0.39, 0.29) is 10.8 Å². The van der Waals surface area contributed by atoms with Gasteiger partial charge in [0.25, 0.3) is 0 Å². The Labute approximate surface area is 163 Å². The second-order valence-electron chi connectivity index (χ2n) is 9.39. The monoisotopic (exact) mass is 358 g/mol. The highest BCUT2D eigenvalue weighted by Crippen LogP contribution is 2.30. The predicted octanol–water partition coefficient (Wildman–Crippen LogP) is 6.71. The highest BCUT2D eigenvalue weighted by Gasteiger charge is 2.16. The standard InChI is InChI=1S/C25H30N2/c1-17-14-19(18-8-10-20(11-9-18)24(2,3)4)15-23(27-17)22-16-21(12-13-26-22)25(5,6)7/h8-16H,1-7H3. The van der Waals surface area contributed by atoms with Gasteiger partial charge in [0, 0.05) is 11.9 Å². The van der Waals surface area contributed by atoms with E-state index in [1.54, 1.807) is 0 Å². The van der Waals surface area contributed by atoms with E-state index in [0.29, 0.717) is 0 Å². The maximum atomic E-state index is 4.75. The molecule has 0 aliphatic heterocycles. The van der Waals surface area contributed by atoms with Crippen LogP contribution in [0.2, 0.25) is 0 Å². The van der Waals surface area contributed by atoms with Crippen LogP contribution >= 0.6 is 0 Å². The zero-order chi connectivity index (χ0) is 19.8. The summed E-state index contributed by atoms with van der Waals surface area (Å²) in [5, 5.41) is 0. The molecule has 0 atom stereocenters. The van der Waals surface area contributed by atoms with Crippen molar-refractivity contribution in [2.45, 2.75) is 59.3 Å². The Morgan fingerprint density at radius 3 is 1.85 bits per heavy atom. The summed E-state index contributed by atoms with van der Waals surface area (Å²) in [7, 11) is 0. The summed E-state index contributed by atoms with van der Waals surface area (Å²) < 4.78 is 0. The topological polar surface area (TPSA) is 25.8 Å². The summed E-state index contributed by atoms with van der Waals surface area (Å²) in [6, 6.07) is 17.4. The van der Waals surface area contributed by atoms with Crippen molar-refractivity contribution in [2.75, 3.05) is 0 Å². The van der Waals surface area contributed by atoms with Crippen molar-refractivity contribution >= 4 is 0 Å². The number of aryl methyl sites for hydroxylation is 1. The van der Waals surface area contributed by atoms with Gasteiger partial charge in [-0.2, -0.15) is 0 Å². The predicted molar refractivity (Wildman–Crippen MR) is 115 cm³/mol. The fourth-order valence-corrected chi connectivity index (χ4v) is 3.17. The van der Waals surface area contributed by atoms with E-state index >= 15 is 0 Å². The van der Waals surface area contributed by atoms with E-state index in [2.05, 4.69) is 95.1 Å². The first-order valence-electron chi connectivity index (χ1n) is 9.60. The SMILES string of the molecule is Cc1cc(-c2ccc(C(C)(C)C)cc2)cc(-c2cc(C(C)(C)C)ccn2)n1. The average molecular weight is 359 g/mol. The fourth-order valence-electron chi connectivity index (χ4n) is 3.17. The van der Waals surface area contributed by atoms with Crippen LogP contribution < -0.4 is 0 Å². The molecule has 1 aromatic carbocycles. The van der Waals surface area contributed by atoms with Crippen LogP contribution in [0.15, 0.2) is 54.7 Å². The zero-order valence-corrected chi connectivity index (χ0v) is 17.6. The third-order valence-electron chi connectivity index (χ3n) is 4.93. The lowest BCUT2D eigenvalue weighted by Gasteiger charge is -2.20. The number of hydrogen-bond acceptors (Lipinski definition) is 2. The van der Waals surface area contributed by atoms with E-state index in [1.165, 1.54) is 22.3 Å². The number of benzene rings is 1. The molecule has 0 N–H and O–H groups in total.